The van der Waals surface area contributed by atoms with Crippen LogP contribution in [-0.4, -0.2) is 50.9 Å². The van der Waals surface area contributed by atoms with Crippen LogP contribution in [0.15, 0.2) is 29.3 Å². The van der Waals surface area contributed by atoms with Crippen molar-refractivity contribution < 1.29 is 4.74 Å². The summed E-state index contributed by atoms with van der Waals surface area (Å²) in [6.07, 6.45) is 6.02. The molecule has 4 rings (SSSR count). The summed E-state index contributed by atoms with van der Waals surface area (Å²) in [6, 6.07) is 8.15. The number of hydrogen-bond acceptors (Lipinski definition) is 4. The molecule has 156 valence electrons. The molecular weight excluding hydrogens is 388 g/mol. The smallest absolute Gasteiger partial charge is 0.194 e. The van der Waals surface area contributed by atoms with Gasteiger partial charge in [-0.3, -0.25) is 0 Å². The molecule has 1 saturated carbocycles. The first-order chi connectivity index (χ1) is 14.1. The monoisotopic (exact) mass is 416 g/mol. The van der Waals surface area contributed by atoms with Crippen molar-refractivity contribution >= 4 is 17.6 Å². The highest BCUT2D eigenvalue weighted by atomic mass is 35.5. The van der Waals surface area contributed by atoms with Gasteiger partial charge < -0.3 is 19.5 Å². The van der Waals surface area contributed by atoms with E-state index in [9.17, 15) is 0 Å². The maximum atomic E-state index is 6.26. The van der Waals surface area contributed by atoms with Gasteiger partial charge in [0.15, 0.2) is 11.8 Å². The lowest BCUT2D eigenvalue weighted by molar-refractivity contribution is 0.214. The molecule has 0 spiro atoms. The zero-order valence-corrected chi connectivity index (χ0v) is 17.9. The molecule has 1 atom stereocenters. The first kappa shape index (κ1) is 20.0. The predicted molar refractivity (Wildman–Crippen MR) is 114 cm³/mol. The summed E-state index contributed by atoms with van der Waals surface area (Å²) in [6.45, 7) is 4.17. The number of ether oxygens (including phenoxy) is 1. The van der Waals surface area contributed by atoms with Crippen LogP contribution in [0, 0.1) is 6.92 Å². The van der Waals surface area contributed by atoms with Crippen LogP contribution in [0.4, 0.5) is 0 Å². The van der Waals surface area contributed by atoms with Gasteiger partial charge in [-0.15, -0.1) is 10.2 Å². The van der Waals surface area contributed by atoms with Crippen LogP contribution in [0.25, 0.3) is 0 Å². The SMILES string of the molecule is Cc1nnc(CN=C(NC2CCCC2)N2CCC(Oc3ccccc3Cl)C2)n1C. The molecule has 8 heteroatoms. The Morgan fingerprint density at radius 1 is 1.24 bits per heavy atom. The average molecular weight is 417 g/mol. The fraction of sp³-hybridized carbons (Fsp3) is 0.571. The first-order valence-corrected chi connectivity index (χ1v) is 10.8. The van der Waals surface area contributed by atoms with Crippen LogP contribution < -0.4 is 10.1 Å². The number of likely N-dealkylation sites (tertiary alicyclic amines) is 1. The summed E-state index contributed by atoms with van der Waals surface area (Å²) in [7, 11) is 1.98. The van der Waals surface area contributed by atoms with Gasteiger partial charge in [0, 0.05) is 26.1 Å². The maximum Gasteiger partial charge on any atom is 0.194 e. The molecule has 1 aliphatic carbocycles. The number of rotatable bonds is 5. The Kier molecular flexibility index (Phi) is 6.23. The lowest BCUT2D eigenvalue weighted by atomic mass is 10.2. The van der Waals surface area contributed by atoms with E-state index in [0.29, 0.717) is 17.6 Å². The number of aliphatic imine (C=N–C) groups is 1. The molecular formula is C21H29ClN6O. The molecule has 2 aromatic rings. The number of benzene rings is 1. The molecule has 1 saturated heterocycles. The van der Waals surface area contributed by atoms with Crippen molar-refractivity contribution in [1.29, 1.82) is 0 Å². The van der Waals surface area contributed by atoms with Crippen molar-refractivity contribution in [3.8, 4) is 5.75 Å². The standard InChI is InChI=1S/C21H29ClN6O/c1-15-25-26-20(27(15)2)13-23-21(24-16-7-3-4-8-16)28-12-11-17(14-28)29-19-10-6-5-9-18(19)22/h5-6,9-10,16-17H,3-4,7-8,11-14H2,1-2H3,(H,23,24). The highest BCUT2D eigenvalue weighted by Crippen LogP contribution is 2.27. The number of halogens is 1. The fourth-order valence-electron chi connectivity index (χ4n) is 3.96. The molecule has 1 unspecified atom stereocenters. The van der Waals surface area contributed by atoms with Gasteiger partial charge in [0.25, 0.3) is 0 Å². The third-order valence-electron chi connectivity index (χ3n) is 5.82. The van der Waals surface area contributed by atoms with Gasteiger partial charge in [-0.1, -0.05) is 36.6 Å². The molecule has 2 aliphatic rings. The van der Waals surface area contributed by atoms with E-state index < -0.39 is 0 Å². The minimum atomic E-state index is 0.0996. The normalized spacial score (nSPS) is 20.4. The zero-order chi connectivity index (χ0) is 20.2. The molecule has 2 heterocycles. The Morgan fingerprint density at radius 3 is 2.76 bits per heavy atom. The van der Waals surface area contributed by atoms with Crippen molar-refractivity contribution in [2.24, 2.45) is 12.0 Å². The minimum absolute atomic E-state index is 0.0996. The van der Waals surface area contributed by atoms with Gasteiger partial charge in [0.05, 0.1) is 11.6 Å². The van der Waals surface area contributed by atoms with Gasteiger partial charge in [-0.2, -0.15) is 0 Å². The largest absolute Gasteiger partial charge is 0.487 e. The molecule has 0 bridgehead atoms. The molecule has 0 radical (unpaired) electrons. The van der Waals surface area contributed by atoms with Gasteiger partial charge in [-0.05, 0) is 31.9 Å². The van der Waals surface area contributed by atoms with E-state index >= 15 is 0 Å². The van der Waals surface area contributed by atoms with Gasteiger partial charge >= 0.3 is 0 Å². The second-order valence-electron chi connectivity index (χ2n) is 7.89. The van der Waals surface area contributed by atoms with E-state index in [-0.39, 0.29) is 6.10 Å². The number of guanidine groups is 1. The average Bonchev–Trinajstić information content (AvgIpc) is 3.45. The molecule has 29 heavy (non-hydrogen) atoms. The summed E-state index contributed by atoms with van der Waals surface area (Å²) in [5.74, 6) is 3.46. The number of nitrogens with one attached hydrogen (secondary N) is 1. The van der Waals surface area contributed by atoms with Crippen molar-refractivity contribution in [1.82, 2.24) is 25.0 Å². The first-order valence-electron chi connectivity index (χ1n) is 10.4. The second-order valence-corrected chi connectivity index (χ2v) is 8.30. The molecule has 7 nitrogen and oxygen atoms in total. The van der Waals surface area contributed by atoms with Gasteiger partial charge in [0.1, 0.15) is 24.2 Å². The summed E-state index contributed by atoms with van der Waals surface area (Å²) in [5.41, 5.74) is 0. The number of nitrogens with zero attached hydrogens (tertiary/aromatic N) is 5. The zero-order valence-electron chi connectivity index (χ0n) is 17.1. The third kappa shape index (κ3) is 4.83. The second kappa shape index (κ2) is 9.03. The van der Waals surface area contributed by atoms with Crippen molar-refractivity contribution in [3.05, 3.63) is 40.9 Å². The summed E-state index contributed by atoms with van der Waals surface area (Å²) in [5, 5.41) is 12.7. The molecule has 1 N–H and O–H groups in total. The Labute approximate surface area is 177 Å². The highest BCUT2D eigenvalue weighted by molar-refractivity contribution is 6.32. The minimum Gasteiger partial charge on any atom is -0.487 e. The Bertz CT molecular complexity index is 861. The van der Waals surface area contributed by atoms with Crippen molar-refractivity contribution in [3.63, 3.8) is 0 Å². The molecule has 1 aliphatic heterocycles. The van der Waals surface area contributed by atoms with E-state index in [1.807, 2.05) is 42.8 Å². The maximum absolute atomic E-state index is 6.26. The summed E-state index contributed by atoms with van der Waals surface area (Å²) >= 11 is 6.26. The molecule has 0 amide bonds. The Morgan fingerprint density at radius 2 is 2.03 bits per heavy atom. The van der Waals surface area contributed by atoms with Crippen molar-refractivity contribution in [2.75, 3.05) is 13.1 Å². The van der Waals surface area contributed by atoms with Crippen molar-refractivity contribution in [2.45, 2.75) is 57.7 Å². The lowest BCUT2D eigenvalue weighted by Crippen LogP contribution is -2.45. The van der Waals surface area contributed by atoms with Crippen LogP contribution in [0.1, 0.15) is 43.8 Å². The van der Waals surface area contributed by atoms with Gasteiger partial charge in [-0.25, -0.2) is 4.99 Å². The van der Waals surface area contributed by atoms with Gasteiger partial charge in [0.2, 0.25) is 0 Å². The van der Waals surface area contributed by atoms with Crippen LogP contribution in [-0.2, 0) is 13.6 Å². The van der Waals surface area contributed by atoms with E-state index in [2.05, 4.69) is 20.4 Å². The van der Waals surface area contributed by atoms with E-state index in [4.69, 9.17) is 21.3 Å². The van der Waals surface area contributed by atoms with E-state index in [0.717, 1.165) is 42.9 Å². The molecule has 1 aromatic carbocycles. The van der Waals surface area contributed by atoms with Crippen LogP contribution in [0.5, 0.6) is 5.75 Å². The topological polar surface area (TPSA) is 67.6 Å². The van der Waals surface area contributed by atoms with E-state index in [1.165, 1.54) is 25.7 Å². The Balaban J connectivity index is 1.45. The third-order valence-corrected chi connectivity index (χ3v) is 6.13. The highest BCUT2D eigenvalue weighted by Gasteiger charge is 2.28. The molecule has 2 fully saturated rings. The lowest BCUT2D eigenvalue weighted by Gasteiger charge is -2.25. The van der Waals surface area contributed by atoms with Crippen LogP contribution >= 0.6 is 11.6 Å². The summed E-state index contributed by atoms with van der Waals surface area (Å²) < 4.78 is 8.15. The van der Waals surface area contributed by atoms with E-state index in [1.54, 1.807) is 0 Å². The number of hydrogen-bond donors (Lipinski definition) is 1. The number of aromatic nitrogens is 3. The van der Waals surface area contributed by atoms with Crippen LogP contribution in [0.3, 0.4) is 0 Å². The van der Waals surface area contributed by atoms with Crippen LogP contribution in [0.2, 0.25) is 5.02 Å². The number of para-hydroxylation sites is 1. The fourth-order valence-corrected chi connectivity index (χ4v) is 4.14. The number of aryl methyl sites for hydroxylation is 1. The quantitative estimate of drug-likeness (QED) is 0.598. The molecule has 1 aromatic heterocycles. The Hall–Kier alpha value is -2.28. The predicted octanol–water partition coefficient (Wildman–Crippen LogP) is 3.32. The summed E-state index contributed by atoms with van der Waals surface area (Å²) in [4.78, 5) is 7.19.